The van der Waals surface area contributed by atoms with Crippen LogP contribution in [0.1, 0.15) is 127 Å². The molecule has 9 rings (SSSR count). The second-order valence-electron chi connectivity index (χ2n) is 13.8. The van der Waals surface area contributed by atoms with Crippen molar-refractivity contribution in [1.29, 1.82) is 0 Å². The van der Waals surface area contributed by atoms with Crippen molar-refractivity contribution in [3.05, 3.63) is 88.4 Å². The number of nitrogens with zero attached hydrogens (tertiary/aromatic N) is 15. The number of hydrogen-bond donors (Lipinski definition) is 3. The van der Waals surface area contributed by atoms with Crippen molar-refractivity contribution in [2.24, 2.45) is 17.7 Å². The first-order valence-electron chi connectivity index (χ1n) is 44.9. The fraction of sp³-hybridized carbons (Fsp3) is 0.529. The summed E-state index contributed by atoms with van der Waals surface area (Å²) < 4.78 is 425. The Labute approximate surface area is 492 Å². The number of H-pyrrole nitrogens is 3. The lowest BCUT2D eigenvalue weighted by Crippen LogP contribution is -2.53. The van der Waals surface area contributed by atoms with E-state index in [-0.39, 0.29) is 27.6 Å². The van der Waals surface area contributed by atoms with Gasteiger partial charge in [-0.15, -0.1) is 0 Å². The third-order valence-electron chi connectivity index (χ3n) is 8.98. The molecule has 378 valence electrons. The lowest BCUT2D eigenvalue weighted by Gasteiger charge is -2.41. The molecule has 3 amide bonds. The maximum Gasteiger partial charge on any atom is 0.302 e. The Morgan fingerprint density at radius 1 is 0.611 bits per heavy atom. The van der Waals surface area contributed by atoms with Crippen molar-refractivity contribution in [3.8, 4) is 0 Å². The molecule has 3 saturated heterocycles. The Bertz CT molecular complexity index is 5190. The lowest BCUT2D eigenvalue weighted by molar-refractivity contribution is -0.131. The van der Waals surface area contributed by atoms with Crippen LogP contribution in [0.4, 0.5) is 17.5 Å². The largest absolute Gasteiger partial charge is 0.354 e. The predicted octanol–water partition coefficient (Wildman–Crippen LogP) is 5.58. The summed E-state index contributed by atoms with van der Waals surface area (Å²) in [5.41, 5.74) is -1.11. The molecule has 3 aliphatic heterocycles. The van der Waals surface area contributed by atoms with Crippen molar-refractivity contribution >= 4 is 68.3 Å². The molecule has 0 unspecified atom stereocenters. The van der Waals surface area contributed by atoms with Crippen LogP contribution >= 0.6 is 0 Å². The number of fused-ring (bicyclic) bond motifs is 3. The Hall–Kier alpha value is -7.86. The van der Waals surface area contributed by atoms with Gasteiger partial charge in [-0.2, -0.15) is 0 Å². The van der Waals surface area contributed by atoms with E-state index in [4.69, 9.17) is 85.5 Å². The Morgan fingerprint density at radius 2 is 0.917 bits per heavy atom. The molecule has 21 nitrogen and oxygen atoms in total. The van der Waals surface area contributed by atoms with E-state index in [9.17, 15) is 18.5 Å². The molecular formula is C51H66N18O3. The quantitative estimate of drug-likeness (QED) is 0.152. The molecule has 0 saturated carbocycles. The fourth-order valence-electron chi connectivity index (χ4n) is 5.91. The van der Waals surface area contributed by atoms with E-state index >= 15 is 0 Å². The number of carbonyl (C=O) groups excluding carboxylic acids is 3. The van der Waals surface area contributed by atoms with Gasteiger partial charge in [-0.1, -0.05) is 20.6 Å². The van der Waals surface area contributed by atoms with Crippen LogP contribution in [0.5, 0.6) is 0 Å². The Balaban J connectivity index is 0.000000254. The molecular weight excluding hydrogens is 913 g/mol. The molecule has 6 atom stereocenters. The lowest BCUT2D eigenvalue weighted by atomic mass is 9.92. The van der Waals surface area contributed by atoms with Gasteiger partial charge in [0.25, 0.3) is 19.5 Å². The zero-order valence-electron chi connectivity index (χ0n) is 87.9. The number of carbonyl (C=O) groups is 3. The summed E-state index contributed by atoms with van der Waals surface area (Å²) in [6.45, 7) is -31.8. The van der Waals surface area contributed by atoms with Gasteiger partial charge in [-0.05, 0) is 75.7 Å². The summed E-state index contributed by atoms with van der Waals surface area (Å²) in [6, 6.07) is -14.6. The second kappa shape index (κ2) is 22.9. The van der Waals surface area contributed by atoms with Crippen LogP contribution in [0.25, 0.3) is 47.6 Å². The van der Waals surface area contributed by atoms with Gasteiger partial charge in [0.15, 0.2) is 0 Å². The molecule has 3 N–H and O–H groups in total. The Kier molecular flexibility index (Phi) is 5.55. The van der Waals surface area contributed by atoms with Crippen molar-refractivity contribution in [2.45, 2.75) is 78.6 Å². The first-order valence-corrected chi connectivity index (χ1v) is 19.4. The summed E-state index contributed by atoms with van der Waals surface area (Å²) in [5.74, 6) is -23.1. The third-order valence-corrected chi connectivity index (χ3v) is 8.98. The van der Waals surface area contributed by atoms with Crippen molar-refractivity contribution in [2.75, 3.05) is 94.1 Å². The number of aryl methyl sites for hydroxylation is 3. The predicted molar refractivity (Wildman–Crippen MR) is 278 cm³/mol. The molecule has 6 aromatic rings. The van der Waals surface area contributed by atoms with Gasteiger partial charge in [-0.3, -0.25) is 14.4 Å². The molecule has 9 heterocycles. The van der Waals surface area contributed by atoms with E-state index in [0.717, 1.165) is 0 Å². The van der Waals surface area contributed by atoms with Crippen molar-refractivity contribution in [3.63, 3.8) is 0 Å². The van der Waals surface area contributed by atoms with E-state index in [1.807, 2.05) is 0 Å². The number of nitrogens with one attached hydrogen (secondary N) is 3. The number of aromatic nitrogens is 9. The molecule has 3 fully saturated rings. The molecule has 21 heteroatoms. The normalized spacial score (nSPS) is 45.1. The van der Waals surface area contributed by atoms with Gasteiger partial charge < -0.3 is 58.9 Å². The Morgan fingerprint density at radius 3 is 1.21 bits per heavy atom. The SMILES string of the molecule is [2H]c1nc(N(C([2H])([2H])[2H])[C@@]2([2H])C([2H])([2H])N(C(=O)C([2H])([2H])[N+]#[C-])C([2H])([2H])C([2H])([2H])[C@@]2([2H])C([2H])([2H])[2H])c2c([2H])c(C)[nH]c2n1.[2H]c1nc(N(C([2H])([2H])[2H])[C@@]2([2H])C([2H])([2H])N(C(=O)C([2H])([2H])[N+]#[C-])C([2H])([2H])C([2H])([2H])[C@@]2([2H])C([2H])([2H])[2H])c2c([2H])c(C)[nH]c2n1.[2H]c1nc(N(C([2H])([2H])[2H])[C@@]2([2H])C([2H])([2H])N(C(=O)C([2H])([2H])[N+]#[C-])C([2H])([2H])C([2H])([2H])[C@@]2([2H])C)c2c([2H])c(C)[nH]c2n1. The molecule has 0 radical (unpaired) electrons. The molecule has 0 aliphatic carbocycles. The third kappa shape index (κ3) is 11.5. The zero-order chi connectivity index (χ0) is 96.6. The van der Waals surface area contributed by atoms with Crippen molar-refractivity contribution in [1.82, 2.24) is 59.6 Å². The summed E-state index contributed by atoms with van der Waals surface area (Å²) in [5, 5.41) is -1.74. The fourth-order valence-corrected chi connectivity index (χ4v) is 5.91. The van der Waals surface area contributed by atoms with Gasteiger partial charge in [0.2, 0.25) is 0 Å². The maximum atomic E-state index is 13.2. The van der Waals surface area contributed by atoms with Crippen LogP contribution in [0, 0.1) is 58.2 Å². The van der Waals surface area contributed by atoms with Crippen molar-refractivity contribution < 1.29 is 84.3 Å². The van der Waals surface area contributed by atoms with Gasteiger partial charge in [0, 0.05) is 118 Å². The van der Waals surface area contributed by atoms with E-state index in [1.165, 1.54) is 20.8 Å². The summed E-state index contributed by atoms with van der Waals surface area (Å²) in [4.78, 5) is 72.5. The summed E-state index contributed by atoms with van der Waals surface area (Å²) in [6.07, 6.45) is -15.6. The van der Waals surface area contributed by atoms with Crippen LogP contribution in [0.3, 0.4) is 0 Å². The van der Waals surface area contributed by atoms with Crippen LogP contribution in [0.2, 0.25) is 0 Å². The van der Waals surface area contributed by atoms with Gasteiger partial charge in [-0.25, -0.2) is 49.6 Å². The minimum atomic E-state index is -4.52. The average Bonchev–Trinajstić information content (AvgIpc) is 1.53. The van der Waals surface area contributed by atoms with Crippen LogP contribution in [-0.4, -0.2) is 175 Å². The smallest absolute Gasteiger partial charge is 0.302 e. The van der Waals surface area contributed by atoms with Crippen LogP contribution in [0.15, 0.2) is 37.0 Å². The molecule has 6 aromatic heterocycles. The van der Waals surface area contributed by atoms with Crippen LogP contribution in [-0.2, 0) is 14.4 Å². The van der Waals surface area contributed by atoms with E-state index in [1.54, 1.807) is 0 Å². The maximum absolute atomic E-state index is 13.2. The second-order valence-corrected chi connectivity index (χ2v) is 13.8. The molecule has 72 heavy (non-hydrogen) atoms. The number of hydrogen-bond acceptors (Lipinski definition) is 12. The van der Waals surface area contributed by atoms with Gasteiger partial charge in [0.05, 0.1) is 50.7 Å². The number of piperidine rings is 3. The number of likely N-dealkylation sites (tertiary alicyclic amines) is 3. The summed E-state index contributed by atoms with van der Waals surface area (Å²) in [7, 11) is 0. The molecule has 0 spiro atoms. The minimum absolute atomic E-state index is 0.0241. The minimum Gasteiger partial charge on any atom is -0.354 e. The highest BCUT2D eigenvalue weighted by molar-refractivity contribution is 5.90. The zero-order valence-corrected chi connectivity index (χ0v) is 36.9. The number of rotatable bonds is 9. The summed E-state index contributed by atoms with van der Waals surface area (Å²) >= 11 is 0. The first-order chi connectivity index (χ1) is 54.3. The first kappa shape index (κ1) is 17.4. The van der Waals surface area contributed by atoms with Gasteiger partial charge in [0.1, 0.15) is 65.6 Å². The topological polar surface area (TPSA) is 208 Å². The highest BCUT2D eigenvalue weighted by Gasteiger charge is 2.36. The number of likely N-dealkylation sites (N-methyl/N-ethyl adjacent to an activating group) is 3. The number of aromatic amines is 3. The van der Waals surface area contributed by atoms with Gasteiger partial charge >= 0.3 is 17.7 Å². The van der Waals surface area contributed by atoms with Crippen LogP contribution < -0.4 is 14.7 Å². The molecule has 0 aromatic carbocycles. The molecule has 0 bridgehead atoms. The standard InChI is InChI=1S/3C17H22N6O/c3*1-11-5-6-23(15(24)8-18-3)9-14(11)22(4)17-13-7-12(2)21-16(13)19-10-20-17/h3*7,10-11,14H,5-6,8-9H2,1-2,4H3,(H,19,20,21)/t3*11-,14+/m111/s1/i2*1D3,4D3,5D2,6D2,7D,8D2,9D2,10D,11D,14D;4D3,5D2,6D2,7D,8D2,9D2,10D,11D,14D. The monoisotopic (exact) mass is 1030 g/mol. The molecule has 3 aliphatic rings. The number of amides is 3. The highest BCUT2D eigenvalue weighted by Crippen LogP contribution is 2.32. The highest BCUT2D eigenvalue weighted by atomic mass is 16.2. The van der Waals surface area contributed by atoms with E-state index in [0.29, 0.717) is 6.92 Å². The van der Waals surface area contributed by atoms with E-state index < -0.39 is 272 Å². The van der Waals surface area contributed by atoms with E-state index in [2.05, 4.69) is 59.4 Å². The number of anilines is 3. The average molecular weight is 1030 g/mol.